The van der Waals surface area contributed by atoms with Crippen molar-refractivity contribution < 1.29 is 14.3 Å². The van der Waals surface area contributed by atoms with E-state index in [2.05, 4.69) is 5.32 Å². The van der Waals surface area contributed by atoms with Crippen LogP contribution in [0.15, 0.2) is 46.8 Å². The zero-order valence-corrected chi connectivity index (χ0v) is 9.74. The summed E-state index contributed by atoms with van der Waals surface area (Å²) in [4.78, 5) is 11.8. The van der Waals surface area contributed by atoms with Crippen molar-refractivity contribution in [1.29, 1.82) is 0 Å². The van der Waals surface area contributed by atoms with Gasteiger partial charge in [-0.1, -0.05) is 5.57 Å². The Morgan fingerprint density at radius 2 is 2.35 bits per heavy atom. The van der Waals surface area contributed by atoms with Crippen molar-refractivity contribution in [3.05, 3.63) is 46.8 Å². The van der Waals surface area contributed by atoms with E-state index in [0.717, 1.165) is 23.5 Å². The molecule has 0 bridgehead atoms. The van der Waals surface area contributed by atoms with Crippen LogP contribution >= 0.6 is 0 Å². The maximum absolute atomic E-state index is 11.8. The largest absolute Gasteiger partial charge is 0.490 e. The molecule has 3 rings (SSSR count). The first kappa shape index (κ1) is 10.2. The first-order valence-electron chi connectivity index (χ1n) is 5.55. The van der Waals surface area contributed by atoms with Crippen LogP contribution in [0, 0.1) is 5.92 Å². The lowest BCUT2D eigenvalue weighted by Crippen LogP contribution is -2.19. The number of fused-ring (bicyclic) bond motifs is 3. The van der Waals surface area contributed by atoms with E-state index >= 15 is 0 Å². The van der Waals surface area contributed by atoms with Gasteiger partial charge in [-0.3, -0.25) is 4.79 Å². The van der Waals surface area contributed by atoms with E-state index in [0.29, 0.717) is 11.5 Å². The van der Waals surface area contributed by atoms with Crippen LogP contribution < -0.4 is 5.32 Å². The fraction of sp³-hybridized carbons (Fsp3) is 0.308. The van der Waals surface area contributed by atoms with Crippen LogP contribution in [0.4, 0.5) is 0 Å². The third-order valence-electron chi connectivity index (χ3n) is 3.21. The van der Waals surface area contributed by atoms with Crippen LogP contribution in [0.5, 0.6) is 0 Å². The van der Waals surface area contributed by atoms with E-state index in [1.54, 1.807) is 6.08 Å². The molecule has 0 saturated carbocycles. The van der Waals surface area contributed by atoms with E-state index in [-0.39, 0.29) is 11.7 Å². The summed E-state index contributed by atoms with van der Waals surface area (Å²) in [5.74, 6) is 1.67. The summed E-state index contributed by atoms with van der Waals surface area (Å²) < 4.78 is 10.9. The highest BCUT2D eigenvalue weighted by molar-refractivity contribution is 6.05. The summed E-state index contributed by atoms with van der Waals surface area (Å²) >= 11 is 0. The summed E-state index contributed by atoms with van der Waals surface area (Å²) in [6.45, 7) is 2.69. The standard InChI is InChI=1S/C13H13NO3/c1-7-5-9(15)12(16-2)13-11(7)8-6-14-4-3-10(8)17-13/h3,5-6,11,14H,4H2,1-2H3. The molecule has 0 spiro atoms. The predicted molar refractivity (Wildman–Crippen MR) is 61.5 cm³/mol. The Hall–Kier alpha value is -1.97. The molecule has 0 aromatic heterocycles. The van der Waals surface area contributed by atoms with Gasteiger partial charge in [-0.05, 0) is 19.1 Å². The average Bonchev–Trinajstić information content (AvgIpc) is 2.68. The number of carbonyl (C=O) groups is 1. The van der Waals surface area contributed by atoms with Gasteiger partial charge in [-0.15, -0.1) is 0 Å². The van der Waals surface area contributed by atoms with E-state index in [4.69, 9.17) is 9.47 Å². The number of methoxy groups -OCH3 is 1. The van der Waals surface area contributed by atoms with Crippen LogP contribution in [0.2, 0.25) is 0 Å². The molecule has 1 fully saturated rings. The Labute approximate surface area is 99.3 Å². The van der Waals surface area contributed by atoms with Crippen molar-refractivity contribution in [2.24, 2.45) is 5.92 Å². The van der Waals surface area contributed by atoms with Crippen LogP contribution in [-0.2, 0) is 14.3 Å². The van der Waals surface area contributed by atoms with Gasteiger partial charge >= 0.3 is 0 Å². The molecule has 0 aromatic rings. The molecular formula is C13H13NO3. The number of rotatable bonds is 1. The molecule has 1 atom stereocenters. The highest BCUT2D eigenvalue weighted by Crippen LogP contribution is 2.46. The van der Waals surface area contributed by atoms with Crippen LogP contribution in [0.1, 0.15) is 6.92 Å². The van der Waals surface area contributed by atoms with Crippen LogP contribution in [0.3, 0.4) is 0 Å². The lowest BCUT2D eigenvalue weighted by Gasteiger charge is -2.19. The lowest BCUT2D eigenvalue weighted by molar-refractivity contribution is -0.114. The maximum atomic E-state index is 11.8. The Kier molecular flexibility index (Phi) is 2.11. The van der Waals surface area contributed by atoms with E-state index < -0.39 is 0 Å². The maximum Gasteiger partial charge on any atom is 0.223 e. The molecule has 1 unspecified atom stereocenters. The number of dihydropyridines is 1. The number of ketones is 1. The van der Waals surface area contributed by atoms with Gasteiger partial charge in [0, 0.05) is 18.3 Å². The highest BCUT2D eigenvalue weighted by Gasteiger charge is 2.41. The molecule has 1 N–H and O–H groups in total. The third-order valence-corrected chi connectivity index (χ3v) is 3.21. The zero-order valence-electron chi connectivity index (χ0n) is 9.74. The van der Waals surface area contributed by atoms with Crippen molar-refractivity contribution in [2.75, 3.05) is 13.7 Å². The van der Waals surface area contributed by atoms with Crippen molar-refractivity contribution in [1.82, 2.24) is 5.32 Å². The van der Waals surface area contributed by atoms with Gasteiger partial charge in [0.15, 0.2) is 5.76 Å². The summed E-state index contributed by atoms with van der Waals surface area (Å²) in [6.07, 6.45) is 5.55. The number of carbonyl (C=O) groups excluding carboxylic acids is 1. The molecule has 2 heterocycles. The van der Waals surface area contributed by atoms with Crippen molar-refractivity contribution in [3.8, 4) is 0 Å². The second-order valence-electron chi connectivity index (χ2n) is 4.26. The summed E-state index contributed by atoms with van der Waals surface area (Å²) in [5, 5.41) is 3.16. The van der Waals surface area contributed by atoms with Crippen molar-refractivity contribution in [2.45, 2.75) is 6.92 Å². The smallest absolute Gasteiger partial charge is 0.223 e. The minimum Gasteiger partial charge on any atom is -0.490 e. The fourth-order valence-electron chi connectivity index (χ4n) is 2.46. The third kappa shape index (κ3) is 1.33. The van der Waals surface area contributed by atoms with Crippen LogP contribution in [-0.4, -0.2) is 19.4 Å². The normalized spacial score (nSPS) is 26.1. The van der Waals surface area contributed by atoms with E-state index in [9.17, 15) is 4.79 Å². The molecule has 88 valence electrons. The average molecular weight is 231 g/mol. The number of nitrogens with one attached hydrogen (secondary N) is 1. The molecular weight excluding hydrogens is 218 g/mol. The van der Waals surface area contributed by atoms with Gasteiger partial charge in [0.05, 0.1) is 13.0 Å². The van der Waals surface area contributed by atoms with Crippen molar-refractivity contribution >= 4 is 5.78 Å². The molecule has 17 heavy (non-hydrogen) atoms. The summed E-state index contributed by atoms with van der Waals surface area (Å²) in [5.41, 5.74) is 2.06. The second-order valence-corrected chi connectivity index (χ2v) is 4.26. The lowest BCUT2D eigenvalue weighted by atomic mass is 9.86. The Balaban J connectivity index is 2.16. The molecule has 4 nitrogen and oxygen atoms in total. The number of allylic oxidation sites excluding steroid dienone is 3. The molecule has 0 radical (unpaired) electrons. The van der Waals surface area contributed by atoms with Gasteiger partial charge in [0.1, 0.15) is 5.76 Å². The van der Waals surface area contributed by atoms with Gasteiger partial charge in [0.2, 0.25) is 11.5 Å². The molecule has 1 saturated heterocycles. The number of ether oxygens (including phenoxy) is 2. The topological polar surface area (TPSA) is 47.6 Å². The minimum absolute atomic E-state index is 0.0155. The quantitative estimate of drug-likeness (QED) is 0.741. The fourth-order valence-corrected chi connectivity index (χ4v) is 2.46. The first-order chi connectivity index (χ1) is 8.22. The molecule has 2 aliphatic heterocycles. The molecule has 1 aliphatic carbocycles. The Morgan fingerprint density at radius 1 is 1.53 bits per heavy atom. The summed E-state index contributed by atoms with van der Waals surface area (Å²) in [6, 6.07) is 0. The van der Waals surface area contributed by atoms with Gasteiger partial charge in [-0.25, -0.2) is 0 Å². The van der Waals surface area contributed by atoms with Crippen molar-refractivity contribution in [3.63, 3.8) is 0 Å². The summed E-state index contributed by atoms with van der Waals surface area (Å²) in [7, 11) is 1.50. The van der Waals surface area contributed by atoms with Gasteiger partial charge < -0.3 is 14.8 Å². The first-order valence-corrected chi connectivity index (χ1v) is 5.55. The SMILES string of the molecule is COC1=C2OC3=CCNC=C3C2C(C)=CC1=O. The van der Waals surface area contributed by atoms with Gasteiger partial charge in [0.25, 0.3) is 0 Å². The second kappa shape index (κ2) is 3.52. The number of hydrogen-bond donors (Lipinski definition) is 1. The Bertz CT molecular complexity index is 523. The molecule has 0 amide bonds. The predicted octanol–water partition coefficient (Wildman–Crippen LogP) is 1.39. The van der Waals surface area contributed by atoms with Crippen LogP contribution in [0.25, 0.3) is 0 Å². The molecule has 3 aliphatic rings. The van der Waals surface area contributed by atoms with E-state index in [1.807, 2.05) is 19.2 Å². The molecule has 4 heteroatoms. The Morgan fingerprint density at radius 3 is 3.12 bits per heavy atom. The van der Waals surface area contributed by atoms with E-state index in [1.165, 1.54) is 7.11 Å². The number of hydrogen-bond acceptors (Lipinski definition) is 4. The van der Waals surface area contributed by atoms with Gasteiger partial charge in [-0.2, -0.15) is 0 Å². The minimum atomic E-state index is -0.121. The zero-order chi connectivity index (χ0) is 12.0. The monoisotopic (exact) mass is 231 g/mol. The highest BCUT2D eigenvalue weighted by atomic mass is 16.5. The molecule has 0 aromatic carbocycles.